The van der Waals surface area contributed by atoms with Crippen molar-refractivity contribution in [2.75, 3.05) is 49.9 Å². The lowest BCUT2D eigenvalue weighted by Crippen LogP contribution is -2.47. The van der Waals surface area contributed by atoms with Crippen LogP contribution in [0.25, 0.3) is 33.3 Å². The maximum atomic E-state index is 10.3. The van der Waals surface area contributed by atoms with E-state index in [-0.39, 0.29) is 6.01 Å². The number of nitrogens with two attached hydrogens (primary N) is 1. The van der Waals surface area contributed by atoms with Crippen molar-refractivity contribution >= 4 is 34.0 Å². The predicted molar refractivity (Wildman–Crippen MR) is 116 cm³/mol. The number of nitrogens with zero attached hydrogens (tertiary/aromatic N) is 6. The molecule has 9 nitrogen and oxygen atoms in total. The van der Waals surface area contributed by atoms with E-state index in [0.29, 0.717) is 18.7 Å². The Labute approximate surface area is 172 Å². The maximum absolute atomic E-state index is 10.3. The Morgan fingerprint density at radius 1 is 0.967 bits per heavy atom. The smallest absolute Gasteiger partial charge is 0.292 e. The number of oxazole rings is 1. The van der Waals surface area contributed by atoms with Crippen molar-refractivity contribution in [1.29, 1.82) is 0 Å². The van der Waals surface area contributed by atoms with Gasteiger partial charge in [0.2, 0.25) is 0 Å². The van der Waals surface area contributed by atoms with Crippen molar-refractivity contribution in [2.24, 2.45) is 5.18 Å². The molecule has 4 aromatic rings. The summed E-state index contributed by atoms with van der Waals surface area (Å²) in [4.78, 5) is 28.5. The lowest BCUT2D eigenvalue weighted by molar-refractivity contribution is 0.264. The van der Waals surface area contributed by atoms with Gasteiger partial charge >= 0.3 is 0 Å². The number of rotatable bonds is 5. The summed E-state index contributed by atoms with van der Waals surface area (Å²) in [6, 6.07) is 12.0. The third-order valence-electron chi connectivity index (χ3n) is 5.47. The molecule has 0 amide bonds. The van der Waals surface area contributed by atoms with Gasteiger partial charge in [0.1, 0.15) is 11.3 Å². The fourth-order valence-corrected chi connectivity index (χ4v) is 3.84. The van der Waals surface area contributed by atoms with Gasteiger partial charge in [-0.2, -0.15) is 9.89 Å². The molecular weight excluding hydrogens is 382 g/mol. The Bertz CT molecular complexity index is 1210. The third-order valence-corrected chi connectivity index (χ3v) is 5.47. The van der Waals surface area contributed by atoms with Crippen molar-refractivity contribution in [3.63, 3.8) is 0 Å². The molecule has 0 atom stereocenters. The summed E-state index contributed by atoms with van der Waals surface area (Å²) in [5.41, 5.74) is 10.8. The standard InChI is InChI=1S/C21H21N7O2/c22-21-26-18-12-15(2-4-19(18)30-21)14-1-3-16-17(11-14)25-20(13-23-16)28-9-7-27(8-10-28)6-5-24-29/h1-4,11-13H,5-10H2,(H2,22,26). The maximum Gasteiger partial charge on any atom is 0.292 e. The van der Waals surface area contributed by atoms with Gasteiger partial charge in [0, 0.05) is 32.7 Å². The van der Waals surface area contributed by atoms with Gasteiger partial charge in [0.05, 0.1) is 23.8 Å². The number of piperazine rings is 1. The van der Waals surface area contributed by atoms with Crippen LogP contribution in [0.2, 0.25) is 0 Å². The molecule has 0 spiro atoms. The zero-order valence-electron chi connectivity index (χ0n) is 16.4. The molecule has 0 bridgehead atoms. The minimum absolute atomic E-state index is 0.165. The summed E-state index contributed by atoms with van der Waals surface area (Å²) in [6.45, 7) is 4.52. The number of fused-ring (bicyclic) bond motifs is 2. The van der Waals surface area contributed by atoms with E-state index in [4.69, 9.17) is 15.1 Å². The fourth-order valence-electron chi connectivity index (χ4n) is 3.84. The summed E-state index contributed by atoms with van der Waals surface area (Å²) in [5.74, 6) is 0.868. The fraction of sp³-hybridized carbons (Fsp3) is 0.286. The summed E-state index contributed by atoms with van der Waals surface area (Å²) in [5, 5.41) is 2.95. The van der Waals surface area contributed by atoms with Crippen LogP contribution in [0.4, 0.5) is 11.8 Å². The number of hydrogen-bond acceptors (Lipinski definition) is 9. The lowest BCUT2D eigenvalue weighted by atomic mass is 10.0. The van der Waals surface area contributed by atoms with Crippen molar-refractivity contribution in [3.8, 4) is 11.1 Å². The molecule has 0 aliphatic carbocycles. The first-order chi connectivity index (χ1) is 14.7. The quantitative estimate of drug-likeness (QED) is 0.506. The van der Waals surface area contributed by atoms with E-state index in [2.05, 4.69) is 24.9 Å². The van der Waals surface area contributed by atoms with E-state index in [1.54, 1.807) is 0 Å². The van der Waals surface area contributed by atoms with Gasteiger partial charge < -0.3 is 15.1 Å². The molecular formula is C21H21N7O2. The SMILES string of the molecule is Nc1nc2cc(-c3ccc4ncc(N5CCN(CCN=O)CC5)nc4c3)ccc2o1. The molecule has 30 heavy (non-hydrogen) atoms. The van der Waals surface area contributed by atoms with Crippen LogP contribution in [0, 0.1) is 4.91 Å². The van der Waals surface area contributed by atoms with E-state index >= 15 is 0 Å². The van der Waals surface area contributed by atoms with Crippen LogP contribution in [-0.4, -0.2) is 59.1 Å². The van der Waals surface area contributed by atoms with Crippen LogP contribution in [0.3, 0.4) is 0 Å². The molecule has 0 saturated carbocycles. The van der Waals surface area contributed by atoms with Gasteiger partial charge in [0.15, 0.2) is 5.58 Å². The first-order valence-corrected chi connectivity index (χ1v) is 9.89. The average molecular weight is 403 g/mol. The van der Waals surface area contributed by atoms with E-state index in [0.717, 1.165) is 59.7 Å². The number of benzene rings is 2. The van der Waals surface area contributed by atoms with Crippen LogP contribution in [0.15, 0.2) is 52.2 Å². The number of nitrogen functional groups attached to an aromatic ring is 1. The number of nitroso groups, excluding NO2 is 1. The minimum atomic E-state index is 0.165. The number of anilines is 2. The number of aromatic nitrogens is 3. The highest BCUT2D eigenvalue weighted by atomic mass is 16.4. The van der Waals surface area contributed by atoms with Crippen LogP contribution >= 0.6 is 0 Å². The highest BCUT2D eigenvalue weighted by Gasteiger charge is 2.18. The Hall–Kier alpha value is -3.59. The molecule has 2 aromatic carbocycles. The average Bonchev–Trinajstić information content (AvgIpc) is 3.16. The molecule has 2 aromatic heterocycles. The van der Waals surface area contributed by atoms with Crippen LogP contribution < -0.4 is 10.6 Å². The zero-order valence-corrected chi connectivity index (χ0v) is 16.4. The number of hydrogen-bond donors (Lipinski definition) is 1. The van der Waals surface area contributed by atoms with E-state index in [9.17, 15) is 4.91 Å². The second kappa shape index (κ2) is 7.68. The van der Waals surface area contributed by atoms with Gasteiger partial charge in [-0.25, -0.2) is 4.98 Å². The zero-order chi connectivity index (χ0) is 20.5. The molecule has 1 aliphatic heterocycles. The molecule has 5 rings (SSSR count). The summed E-state index contributed by atoms with van der Waals surface area (Å²) >= 11 is 0. The van der Waals surface area contributed by atoms with Crippen molar-refractivity contribution in [3.05, 3.63) is 47.5 Å². The first kappa shape index (κ1) is 18.4. The van der Waals surface area contributed by atoms with Gasteiger partial charge in [-0.15, -0.1) is 0 Å². The molecule has 1 aliphatic rings. The molecule has 0 unspecified atom stereocenters. The van der Waals surface area contributed by atoms with Crippen LogP contribution in [-0.2, 0) is 0 Å². The van der Waals surface area contributed by atoms with Gasteiger partial charge in [-0.3, -0.25) is 9.88 Å². The summed E-state index contributed by atoms with van der Waals surface area (Å²) in [6.07, 6.45) is 1.83. The molecule has 9 heteroatoms. The van der Waals surface area contributed by atoms with E-state index < -0.39 is 0 Å². The highest BCUT2D eigenvalue weighted by Crippen LogP contribution is 2.28. The van der Waals surface area contributed by atoms with Gasteiger partial charge in [-0.1, -0.05) is 17.3 Å². The molecule has 3 heterocycles. The monoisotopic (exact) mass is 403 g/mol. The van der Waals surface area contributed by atoms with Crippen LogP contribution in [0.5, 0.6) is 0 Å². The highest BCUT2D eigenvalue weighted by molar-refractivity contribution is 5.86. The topological polar surface area (TPSA) is 114 Å². The molecule has 1 fully saturated rings. The van der Waals surface area contributed by atoms with Gasteiger partial charge in [-0.05, 0) is 35.4 Å². The predicted octanol–water partition coefficient (Wildman–Crippen LogP) is 2.91. The lowest BCUT2D eigenvalue weighted by Gasteiger charge is -2.34. The second-order valence-corrected chi connectivity index (χ2v) is 7.35. The summed E-state index contributed by atoms with van der Waals surface area (Å²) in [7, 11) is 0. The molecule has 0 radical (unpaired) electrons. The largest absolute Gasteiger partial charge is 0.424 e. The van der Waals surface area contributed by atoms with E-state index in [1.165, 1.54) is 0 Å². The van der Waals surface area contributed by atoms with Crippen LogP contribution in [0.1, 0.15) is 0 Å². The van der Waals surface area contributed by atoms with Crippen molar-refractivity contribution < 1.29 is 4.42 Å². The van der Waals surface area contributed by atoms with Gasteiger partial charge in [0.25, 0.3) is 6.01 Å². The summed E-state index contributed by atoms with van der Waals surface area (Å²) < 4.78 is 5.36. The Morgan fingerprint density at radius 3 is 2.53 bits per heavy atom. The van der Waals surface area contributed by atoms with Crippen molar-refractivity contribution in [1.82, 2.24) is 19.9 Å². The molecule has 1 saturated heterocycles. The third kappa shape index (κ3) is 3.55. The Morgan fingerprint density at radius 2 is 1.73 bits per heavy atom. The first-order valence-electron chi connectivity index (χ1n) is 9.89. The normalized spacial score (nSPS) is 15.1. The molecule has 152 valence electrons. The minimum Gasteiger partial charge on any atom is -0.424 e. The Kier molecular flexibility index (Phi) is 4.72. The Balaban J connectivity index is 1.40. The van der Waals surface area contributed by atoms with Crippen molar-refractivity contribution in [2.45, 2.75) is 0 Å². The molecule has 2 N–H and O–H groups in total. The second-order valence-electron chi connectivity index (χ2n) is 7.35. The van der Waals surface area contributed by atoms with E-state index in [1.807, 2.05) is 42.6 Å².